The van der Waals surface area contributed by atoms with Crippen LogP contribution in [0.1, 0.15) is 44.9 Å². The van der Waals surface area contributed by atoms with E-state index >= 15 is 0 Å². The van der Waals surface area contributed by atoms with Gasteiger partial charge in [-0.05, 0) is 23.5 Å². The maximum absolute atomic E-state index is 11.9. The summed E-state index contributed by atoms with van der Waals surface area (Å²) in [5.74, 6) is -0.146. The number of hydrogen-bond acceptors (Lipinski definition) is 3. The van der Waals surface area contributed by atoms with Crippen LogP contribution in [-0.2, 0) is 11.3 Å². The highest BCUT2D eigenvalue weighted by Gasteiger charge is 2.26. The predicted octanol–water partition coefficient (Wildman–Crippen LogP) is 2.15. The number of rotatable bonds is 4. The van der Waals surface area contributed by atoms with Crippen molar-refractivity contribution in [2.24, 2.45) is 11.1 Å². The largest absolute Gasteiger partial charge is 0.389 e. The van der Waals surface area contributed by atoms with Gasteiger partial charge in [0, 0.05) is 6.54 Å². The second-order valence-electron chi connectivity index (χ2n) is 5.98. The van der Waals surface area contributed by atoms with Crippen LogP contribution in [-0.4, -0.2) is 17.1 Å². The summed E-state index contributed by atoms with van der Waals surface area (Å²) in [5.41, 5.74) is 7.47. The van der Waals surface area contributed by atoms with Gasteiger partial charge < -0.3 is 16.2 Å². The van der Waals surface area contributed by atoms with Gasteiger partial charge in [0.05, 0.1) is 12.1 Å². The highest BCUT2D eigenvalue weighted by molar-refractivity contribution is 5.85. The summed E-state index contributed by atoms with van der Waals surface area (Å²) in [5, 5.41) is 12.2. The van der Waals surface area contributed by atoms with Crippen molar-refractivity contribution in [1.82, 2.24) is 5.32 Å². The number of halogens is 1. The zero-order valence-corrected chi connectivity index (χ0v) is 13.3. The molecule has 1 rings (SSSR count). The Kier molecular flexibility index (Phi) is 7.20. The minimum atomic E-state index is -0.524. The number of nitrogens with one attached hydrogen (secondary N) is 1. The quantitative estimate of drug-likeness (QED) is 0.797. The third kappa shape index (κ3) is 5.49. The average molecular weight is 301 g/mol. The summed E-state index contributed by atoms with van der Waals surface area (Å²) < 4.78 is 0. The molecule has 1 amide bonds. The van der Waals surface area contributed by atoms with Crippen LogP contribution in [0, 0.1) is 5.41 Å². The Labute approximate surface area is 127 Å². The normalized spacial score (nSPS) is 14.1. The fraction of sp³-hybridized carbons (Fsp3) is 0.533. The first-order chi connectivity index (χ1) is 8.71. The first-order valence-electron chi connectivity index (χ1n) is 6.52. The Hall–Kier alpha value is -1.10. The van der Waals surface area contributed by atoms with Crippen LogP contribution < -0.4 is 11.1 Å². The van der Waals surface area contributed by atoms with Crippen molar-refractivity contribution < 1.29 is 9.90 Å². The molecule has 1 aromatic rings. The molecule has 0 saturated heterocycles. The van der Waals surface area contributed by atoms with Crippen molar-refractivity contribution in [3.63, 3.8) is 0 Å². The number of carbonyl (C=O) groups excluding carboxylic acids is 1. The van der Waals surface area contributed by atoms with E-state index in [4.69, 9.17) is 5.73 Å². The van der Waals surface area contributed by atoms with Crippen LogP contribution in [0.4, 0.5) is 0 Å². The lowest BCUT2D eigenvalue weighted by molar-refractivity contribution is -0.124. The molecule has 4 nitrogen and oxygen atoms in total. The van der Waals surface area contributed by atoms with Gasteiger partial charge in [-0.25, -0.2) is 0 Å². The lowest BCUT2D eigenvalue weighted by Crippen LogP contribution is -2.48. The molecule has 2 atom stereocenters. The summed E-state index contributed by atoms with van der Waals surface area (Å²) in [6.45, 7) is 7.99. The van der Waals surface area contributed by atoms with Crippen molar-refractivity contribution >= 4 is 18.3 Å². The van der Waals surface area contributed by atoms with Crippen molar-refractivity contribution in [2.45, 2.75) is 46.4 Å². The summed E-state index contributed by atoms with van der Waals surface area (Å²) in [6, 6.07) is 6.98. The SMILES string of the molecule is CC(O)c1ccc(CNC(=O)[C@@H](N)C(C)(C)C)cc1.Cl. The lowest BCUT2D eigenvalue weighted by atomic mass is 9.87. The third-order valence-electron chi connectivity index (χ3n) is 3.14. The molecule has 0 aliphatic heterocycles. The van der Waals surface area contributed by atoms with E-state index in [2.05, 4.69) is 5.32 Å². The Morgan fingerprint density at radius 3 is 2.20 bits per heavy atom. The van der Waals surface area contributed by atoms with Crippen LogP contribution in [0.2, 0.25) is 0 Å². The van der Waals surface area contributed by atoms with Crippen LogP contribution in [0.25, 0.3) is 0 Å². The second kappa shape index (κ2) is 7.62. The first-order valence-corrected chi connectivity index (χ1v) is 6.52. The molecular formula is C15H25ClN2O2. The Balaban J connectivity index is 0.00000361. The lowest BCUT2D eigenvalue weighted by Gasteiger charge is -2.25. The molecule has 0 aromatic heterocycles. The first kappa shape index (κ1) is 18.9. The molecule has 0 radical (unpaired) electrons. The molecule has 0 saturated carbocycles. The Morgan fingerprint density at radius 2 is 1.80 bits per heavy atom. The maximum Gasteiger partial charge on any atom is 0.237 e. The van der Waals surface area contributed by atoms with E-state index in [-0.39, 0.29) is 23.7 Å². The predicted molar refractivity (Wildman–Crippen MR) is 83.6 cm³/mol. The highest BCUT2D eigenvalue weighted by atomic mass is 35.5. The van der Waals surface area contributed by atoms with Crippen molar-refractivity contribution in [3.8, 4) is 0 Å². The molecule has 0 bridgehead atoms. The molecule has 4 N–H and O–H groups in total. The molecular weight excluding hydrogens is 276 g/mol. The molecule has 1 unspecified atom stereocenters. The molecule has 0 spiro atoms. The van der Waals surface area contributed by atoms with Gasteiger partial charge in [-0.2, -0.15) is 0 Å². The zero-order chi connectivity index (χ0) is 14.6. The molecule has 0 heterocycles. The van der Waals surface area contributed by atoms with Gasteiger partial charge >= 0.3 is 0 Å². The third-order valence-corrected chi connectivity index (χ3v) is 3.14. The van der Waals surface area contributed by atoms with Crippen LogP contribution >= 0.6 is 12.4 Å². The van der Waals surface area contributed by atoms with Crippen LogP contribution in [0.15, 0.2) is 24.3 Å². The number of amides is 1. The van der Waals surface area contributed by atoms with Crippen LogP contribution in [0.3, 0.4) is 0 Å². The van der Waals surface area contributed by atoms with Crippen molar-refractivity contribution in [1.29, 1.82) is 0 Å². The number of carbonyl (C=O) groups is 1. The number of nitrogens with two attached hydrogens (primary N) is 1. The van der Waals surface area contributed by atoms with E-state index in [9.17, 15) is 9.90 Å². The number of benzene rings is 1. The average Bonchev–Trinajstić information content (AvgIpc) is 2.34. The Bertz CT molecular complexity index is 424. The summed E-state index contributed by atoms with van der Waals surface area (Å²) >= 11 is 0. The van der Waals surface area contributed by atoms with E-state index < -0.39 is 12.1 Å². The van der Waals surface area contributed by atoms with Gasteiger partial charge in [-0.15, -0.1) is 12.4 Å². The summed E-state index contributed by atoms with van der Waals surface area (Å²) in [6.07, 6.45) is -0.474. The van der Waals surface area contributed by atoms with Gasteiger partial charge in [-0.1, -0.05) is 45.0 Å². The monoisotopic (exact) mass is 300 g/mol. The number of aliphatic hydroxyl groups is 1. The second-order valence-corrected chi connectivity index (χ2v) is 5.98. The summed E-state index contributed by atoms with van der Waals surface area (Å²) in [7, 11) is 0. The van der Waals surface area contributed by atoms with E-state index in [1.807, 2.05) is 45.0 Å². The molecule has 0 fully saturated rings. The van der Waals surface area contributed by atoms with Gasteiger partial charge in [0.15, 0.2) is 0 Å². The Morgan fingerprint density at radius 1 is 1.30 bits per heavy atom. The number of hydrogen-bond donors (Lipinski definition) is 3. The molecule has 114 valence electrons. The fourth-order valence-electron chi connectivity index (χ4n) is 1.61. The van der Waals surface area contributed by atoms with E-state index in [1.165, 1.54) is 0 Å². The molecule has 20 heavy (non-hydrogen) atoms. The molecule has 5 heteroatoms. The molecule has 0 aliphatic rings. The standard InChI is InChI=1S/C15H24N2O2.ClH/c1-10(18)12-7-5-11(6-8-12)9-17-14(19)13(16)15(2,3)4;/h5-8,10,13,18H,9,16H2,1-4H3,(H,17,19);1H/t10?,13-;/m1./s1. The zero-order valence-electron chi connectivity index (χ0n) is 12.5. The molecule has 1 aromatic carbocycles. The van der Waals surface area contributed by atoms with Gasteiger partial charge in [0.25, 0.3) is 0 Å². The van der Waals surface area contributed by atoms with E-state index in [1.54, 1.807) is 6.92 Å². The van der Waals surface area contributed by atoms with Crippen LogP contribution in [0.5, 0.6) is 0 Å². The van der Waals surface area contributed by atoms with Gasteiger partial charge in [-0.3, -0.25) is 4.79 Å². The van der Waals surface area contributed by atoms with Crippen molar-refractivity contribution in [3.05, 3.63) is 35.4 Å². The number of aliphatic hydroxyl groups excluding tert-OH is 1. The topological polar surface area (TPSA) is 75.3 Å². The molecule has 0 aliphatic carbocycles. The van der Waals surface area contributed by atoms with E-state index in [0.29, 0.717) is 6.54 Å². The summed E-state index contributed by atoms with van der Waals surface area (Å²) in [4.78, 5) is 11.9. The van der Waals surface area contributed by atoms with Crippen molar-refractivity contribution in [2.75, 3.05) is 0 Å². The van der Waals surface area contributed by atoms with E-state index in [0.717, 1.165) is 11.1 Å². The van der Waals surface area contributed by atoms with Gasteiger partial charge in [0.1, 0.15) is 0 Å². The minimum Gasteiger partial charge on any atom is -0.389 e. The smallest absolute Gasteiger partial charge is 0.237 e. The minimum absolute atomic E-state index is 0. The van der Waals surface area contributed by atoms with Gasteiger partial charge in [0.2, 0.25) is 5.91 Å². The highest BCUT2D eigenvalue weighted by Crippen LogP contribution is 2.17. The maximum atomic E-state index is 11.9. The fourth-order valence-corrected chi connectivity index (χ4v) is 1.61.